The van der Waals surface area contributed by atoms with Crippen molar-refractivity contribution >= 4 is 0 Å². The lowest BCUT2D eigenvalue weighted by Crippen LogP contribution is -2.50. The molecule has 7 nitrogen and oxygen atoms in total. The standard InChI is InChI=1S/C28H57NO6/c1-3-4-5-6-7-8-9-10-11-12-13-14-15-16-17-18-20-29(21-19-22-35-2)23-25(31)27(33)28(34)26(32)24-30/h10-11,25-28,30-34H,3-9,12-24H2,1-2H3/b11-10-/t25-,26+,27+,28+/m0/s1. The van der Waals surface area contributed by atoms with Crippen LogP contribution >= 0.6 is 0 Å². The maximum absolute atomic E-state index is 10.3. The highest BCUT2D eigenvalue weighted by Gasteiger charge is 2.30. The van der Waals surface area contributed by atoms with Crippen molar-refractivity contribution in [3.63, 3.8) is 0 Å². The van der Waals surface area contributed by atoms with Crippen molar-refractivity contribution in [1.82, 2.24) is 4.90 Å². The first kappa shape index (κ1) is 34.5. The molecule has 0 spiro atoms. The molecule has 0 fully saturated rings. The fourth-order valence-corrected chi connectivity index (χ4v) is 4.25. The monoisotopic (exact) mass is 503 g/mol. The van der Waals surface area contributed by atoms with Crippen molar-refractivity contribution in [2.45, 2.75) is 128 Å². The molecule has 0 aliphatic heterocycles. The molecule has 0 aliphatic rings. The number of hydrogen-bond donors (Lipinski definition) is 5. The van der Waals surface area contributed by atoms with Crippen molar-refractivity contribution in [3.05, 3.63) is 12.2 Å². The molecule has 0 aromatic heterocycles. The van der Waals surface area contributed by atoms with Gasteiger partial charge in [-0.05, 0) is 45.1 Å². The Morgan fingerprint density at radius 1 is 0.657 bits per heavy atom. The molecule has 0 rings (SSSR count). The average molecular weight is 504 g/mol. The second-order valence-electron chi connectivity index (χ2n) is 9.88. The van der Waals surface area contributed by atoms with E-state index in [0.29, 0.717) is 6.61 Å². The first-order valence-corrected chi connectivity index (χ1v) is 14.2. The Labute approximate surface area is 215 Å². The molecule has 0 heterocycles. The van der Waals surface area contributed by atoms with Crippen LogP contribution in [-0.4, -0.2) is 94.8 Å². The second kappa shape index (κ2) is 25.1. The predicted octanol–water partition coefficient (Wildman–Crippen LogP) is 3.80. The number of allylic oxidation sites excluding steroid dienone is 2. The van der Waals surface area contributed by atoms with Gasteiger partial charge in [-0.15, -0.1) is 0 Å². The van der Waals surface area contributed by atoms with Crippen molar-refractivity contribution in [1.29, 1.82) is 0 Å². The van der Waals surface area contributed by atoms with Gasteiger partial charge in [0.1, 0.15) is 18.3 Å². The minimum absolute atomic E-state index is 0.200. The Bertz CT molecular complexity index is 465. The van der Waals surface area contributed by atoms with Gasteiger partial charge < -0.3 is 35.2 Å². The maximum atomic E-state index is 10.3. The summed E-state index contributed by atoms with van der Waals surface area (Å²) >= 11 is 0. The van der Waals surface area contributed by atoms with Gasteiger partial charge in [-0.1, -0.05) is 76.9 Å². The van der Waals surface area contributed by atoms with Crippen LogP contribution in [0.4, 0.5) is 0 Å². The largest absolute Gasteiger partial charge is 0.394 e. The zero-order valence-electron chi connectivity index (χ0n) is 22.7. The number of ether oxygens (including phenoxy) is 1. The topological polar surface area (TPSA) is 114 Å². The van der Waals surface area contributed by atoms with Crippen LogP contribution in [0.15, 0.2) is 12.2 Å². The van der Waals surface area contributed by atoms with Crippen LogP contribution < -0.4 is 0 Å². The fraction of sp³-hybridized carbons (Fsp3) is 0.929. The van der Waals surface area contributed by atoms with Gasteiger partial charge >= 0.3 is 0 Å². The lowest BCUT2D eigenvalue weighted by atomic mass is 10.0. The maximum Gasteiger partial charge on any atom is 0.111 e. The highest BCUT2D eigenvalue weighted by Crippen LogP contribution is 2.12. The van der Waals surface area contributed by atoms with Crippen molar-refractivity contribution in [3.8, 4) is 0 Å². The summed E-state index contributed by atoms with van der Waals surface area (Å²) < 4.78 is 5.12. The number of methoxy groups -OCH3 is 1. The minimum atomic E-state index is -1.58. The quantitative estimate of drug-likeness (QED) is 0.0901. The molecule has 0 aromatic carbocycles. The highest BCUT2D eigenvalue weighted by atomic mass is 16.5. The Balaban J connectivity index is 3.95. The molecule has 0 aliphatic carbocycles. The Morgan fingerprint density at radius 2 is 1.14 bits per heavy atom. The zero-order chi connectivity index (χ0) is 26.2. The number of hydrogen-bond acceptors (Lipinski definition) is 7. The van der Waals surface area contributed by atoms with E-state index < -0.39 is 31.0 Å². The zero-order valence-corrected chi connectivity index (χ0v) is 22.7. The second-order valence-corrected chi connectivity index (χ2v) is 9.88. The summed E-state index contributed by atoms with van der Waals surface area (Å²) in [5.41, 5.74) is 0. The first-order chi connectivity index (χ1) is 17.0. The summed E-state index contributed by atoms with van der Waals surface area (Å²) in [5, 5.41) is 48.7. The molecule has 0 saturated carbocycles. The van der Waals surface area contributed by atoms with Crippen molar-refractivity contribution in [2.75, 3.05) is 40.0 Å². The molecule has 0 saturated heterocycles. The van der Waals surface area contributed by atoms with Crippen LogP contribution in [-0.2, 0) is 4.74 Å². The van der Waals surface area contributed by atoms with Crippen LogP contribution in [0, 0.1) is 0 Å². The molecule has 0 unspecified atom stereocenters. The molecule has 5 N–H and O–H groups in total. The van der Waals surface area contributed by atoms with Gasteiger partial charge in [0.05, 0.1) is 12.7 Å². The van der Waals surface area contributed by atoms with E-state index in [9.17, 15) is 20.4 Å². The number of aliphatic hydroxyl groups excluding tert-OH is 5. The molecule has 210 valence electrons. The van der Waals surface area contributed by atoms with E-state index in [1.165, 1.54) is 77.0 Å². The number of unbranched alkanes of at least 4 members (excludes halogenated alkanes) is 12. The third kappa shape index (κ3) is 20.2. The third-order valence-electron chi connectivity index (χ3n) is 6.58. The van der Waals surface area contributed by atoms with Crippen LogP contribution in [0.2, 0.25) is 0 Å². The number of rotatable bonds is 26. The number of nitrogens with zero attached hydrogens (tertiary/aromatic N) is 1. The van der Waals surface area contributed by atoms with Gasteiger partial charge in [-0.3, -0.25) is 0 Å². The summed E-state index contributed by atoms with van der Waals surface area (Å²) in [5.74, 6) is 0. The summed E-state index contributed by atoms with van der Waals surface area (Å²) in [4.78, 5) is 2.07. The van der Waals surface area contributed by atoms with Gasteiger partial charge in [0.2, 0.25) is 0 Å². The molecule has 35 heavy (non-hydrogen) atoms. The normalized spacial score (nSPS) is 15.7. The highest BCUT2D eigenvalue weighted by molar-refractivity contribution is 4.83. The van der Waals surface area contributed by atoms with Gasteiger partial charge in [0.25, 0.3) is 0 Å². The average Bonchev–Trinajstić information content (AvgIpc) is 2.86. The molecular formula is C28H57NO6. The molecule has 0 radical (unpaired) electrons. The summed E-state index contributed by atoms with van der Waals surface area (Å²) in [6.45, 7) is 3.93. The van der Waals surface area contributed by atoms with Crippen LogP contribution in [0.3, 0.4) is 0 Å². The molecular weight excluding hydrogens is 446 g/mol. The lowest BCUT2D eigenvalue weighted by molar-refractivity contribution is -0.119. The van der Waals surface area contributed by atoms with E-state index in [0.717, 1.165) is 32.4 Å². The van der Waals surface area contributed by atoms with Crippen LogP contribution in [0.1, 0.15) is 103 Å². The SMILES string of the molecule is CCCCCCCC/C=C\CCCCCCCCN(CCCOC)C[C@H](O)[C@@H](O)[C@H](O)[C@H](O)CO. The lowest BCUT2D eigenvalue weighted by Gasteiger charge is -2.30. The third-order valence-corrected chi connectivity index (χ3v) is 6.58. The van der Waals surface area contributed by atoms with E-state index in [-0.39, 0.29) is 6.54 Å². The summed E-state index contributed by atoms with van der Waals surface area (Å²) in [6, 6.07) is 0. The van der Waals surface area contributed by atoms with E-state index >= 15 is 0 Å². The van der Waals surface area contributed by atoms with E-state index in [1.54, 1.807) is 7.11 Å². The van der Waals surface area contributed by atoms with E-state index in [2.05, 4.69) is 24.0 Å². The number of aliphatic hydroxyl groups is 5. The van der Waals surface area contributed by atoms with E-state index in [4.69, 9.17) is 9.84 Å². The Kier molecular flexibility index (Phi) is 24.7. The molecule has 0 aromatic rings. The fourth-order valence-electron chi connectivity index (χ4n) is 4.25. The van der Waals surface area contributed by atoms with Crippen LogP contribution in [0.5, 0.6) is 0 Å². The molecule has 0 bridgehead atoms. The van der Waals surface area contributed by atoms with Crippen molar-refractivity contribution in [2.24, 2.45) is 0 Å². The predicted molar refractivity (Wildman–Crippen MR) is 143 cm³/mol. The Morgan fingerprint density at radius 3 is 1.69 bits per heavy atom. The molecule has 0 amide bonds. The first-order valence-electron chi connectivity index (χ1n) is 14.2. The minimum Gasteiger partial charge on any atom is -0.394 e. The van der Waals surface area contributed by atoms with Gasteiger partial charge in [0.15, 0.2) is 0 Å². The Hall–Kier alpha value is -0.540. The van der Waals surface area contributed by atoms with Gasteiger partial charge in [-0.25, -0.2) is 0 Å². The van der Waals surface area contributed by atoms with Crippen LogP contribution in [0.25, 0.3) is 0 Å². The molecule has 7 heteroatoms. The smallest absolute Gasteiger partial charge is 0.111 e. The van der Waals surface area contributed by atoms with E-state index in [1.807, 2.05) is 0 Å². The van der Waals surface area contributed by atoms with Gasteiger partial charge in [-0.2, -0.15) is 0 Å². The molecule has 4 atom stereocenters. The van der Waals surface area contributed by atoms with Crippen molar-refractivity contribution < 1.29 is 30.3 Å². The van der Waals surface area contributed by atoms with Gasteiger partial charge in [0, 0.05) is 26.8 Å². The summed E-state index contributed by atoms with van der Waals surface area (Å²) in [7, 11) is 1.65. The summed E-state index contributed by atoms with van der Waals surface area (Å²) in [6.07, 6.45) is 17.4.